The van der Waals surface area contributed by atoms with E-state index in [1.165, 1.54) is 0 Å². The van der Waals surface area contributed by atoms with E-state index in [1.54, 1.807) is 10.9 Å². The number of carbonyl (C=O) groups excluding carboxylic acids is 1. The van der Waals surface area contributed by atoms with Crippen LogP contribution in [0.5, 0.6) is 0 Å². The lowest BCUT2D eigenvalue weighted by Crippen LogP contribution is -2.53. The Morgan fingerprint density at radius 1 is 1.41 bits per heavy atom. The minimum atomic E-state index is -0.606. The molecule has 0 atom stereocenters. The molecule has 17 heavy (non-hydrogen) atoms. The van der Waals surface area contributed by atoms with Gasteiger partial charge in [0.2, 0.25) is 5.91 Å². The van der Waals surface area contributed by atoms with Crippen LogP contribution >= 0.6 is 0 Å². The molecule has 1 aliphatic rings. The van der Waals surface area contributed by atoms with Gasteiger partial charge in [0.15, 0.2) is 0 Å². The highest BCUT2D eigenvalue weighted by Crippen LogP contribution is 2.18. The molecule has 1 amide bonds. The third-order valence-corrected chi connectivity index (χ3v) is 3.21. The smallest absolute Gasteiger partial charge is 0.250 e. The van der Waals surface area contributed by atoms with Gasteiger partial charge < -0.3 is 10.2 Å². The zero-order chi connectivity index (χ0) is 12.5. The van der Waals surface area contributed by atoms with Gasteiger partial charge in [-0.15, -0.1) is 0 Å². The largest absolute Gasteiger partial charge is 0.338 e. The van der Waals surface area contributed by atoms with Crippen molar-refractivity contribution in [1.82, 2.24) is 20.0 Å². The molecule has 0 saturated carbocycles. The average molecular weight is 236 g/mol. The van der Waals surface area contributed by atoms with E-state index in [0.29, 0.717) is 0 Å². The number of aryl methyl sites for hydroxylation is 1. The van der Waals surface area contributed by atoms with Gasteiger partial charge in [-0.1, -0.05) is 0 Å². The summed E-state index contributed by atoms with van der Waals surface area (Å²) in [6.45, 7) is 9.13. The maximum absolute atomic E-state index is 12.5. The van der Waals surface area contributed by atoms with E-state index in [-0.39, 0.29) is 5.91 Å². The molecule has 2 heterocycles. The van der Waals surface area contributed by atoms with E-state index in [0.717, 1.165) is 31.7 Å². The second-order valence-electron chi connectivity index (χ2n) is 5.06. The van der Waals surface area contributed by atoms with Crippen LogP contribution in [-0.4, -0.2) is 46.8 Å². The lowest BCUT2D eigenvalue weighted by atomic mass is 10.0. The molecule has 1 aromatic heterocycles. The number of rotatable bonds is 2. The quantitative estimate of drug-likeness (QED) is 0.806. The van der Waals surface area contributed by atoms with Crippen molar-refractivity contribution in [1.29, 1.82) is 0 Å². The fourth-order valence-electron chi connectivity index (χ4n) is 2.07. The molecule has 1 aliphatic heterocycles. The van der Waals surface area contributed by atoms with Crippen molar-refractivity contribution in [2.45, 2.75) is 26.3 Å². The first-order valence-electron chi connectivity index (χ1n) is 6.03. The normalized spacial score (nSPS) is 17.2. The van der Waals surface area contributed by atoms with Crippen LogP contribution in [0.15, 0.2) is 12.4 Å². The molecule has 1 N–H and O–H groups in total. The number of carbonyl (C=O) groups is 1. The highest BCUT2D eigenvalue weighted by molar-refractivity contribution is 5.83. The maximum atomic E-state index is 12.5. The number of nitrogens with zero attached hydrogens (tertiary/aromatic N) is 3. The van der Waals surface area contributed by atoms with Crippen molar-refractivity contribution >= 4 is 5.91 Å². The lowest BCUT2D eigenvalue weighted by Gasteiger charge is -2.34. The summed E-state index contributed by atoms with van der Waals surface area (Å²) in [6.07, 6.45) is 3.70. The number of hydrogen-bond acceptors (Lipinski definition) is 3. The van der Waals surface area contributed by atoms with Crippen molar-refractivity contribution in [3.8, 4) is 0 Å². The van der Waals surface area contributed by atoms with Crippen LogP contribution in [0.3, 0.4) is 0 Å². The molecule has 0 radical (unpaired) electrons. The molecular weight excluding hydrogens is 216 g/mol. The summed E-state index contributed by atoms with van der Waals surface area (Å²) < 4.78 is 1.76. The summed E-state index contributed by atoms with van der Waals surface area (Å²) >= 11 is 0. The number of hydrogen-bond donors (Lipinski definition) is 1. The second kappa shape index (κ2) is 4.49. The fraction of sp³-hybridized carbons (Fsp3) is 0.667. The molecular formula is C12H20N4O. The Kier molecular flexibility index (Phi) is 3.19. The zero-order valence-corrected chi connectivity index (χ0v) is 10.7. The summed E-state index contributed by atoms with van der Waals surface area (Å²) in [5, 5.41) is 7.51. The molecule has 5 nitrogen and oxygen atoms in total. The van der Waals surface area contributed by atoms with E-state index >= 15 is 0 Å². The molecule has 1 fully saturated rings. The molecule has 0 spiro atoms. The Bertz CT molecular complexity index is 404. The van der Waals surface area contributed by atoms with Gasteiger partial charge in [-0.2, -0.15) is 5.10 Å². The van der Waals surface area contributed by atoms with E-state index in [9.17, 15) is 4.79 Å². The number of piperazine rings is 1. The van der Waals surface area contributed by atoms with Crippen molar-refractivity contribution in [3.05, 3.63) is 18.0 Å². The van der Waals surface area contributed by atoms with Crippen LogP contribution in [0.2, 0.25) is 0 Å². The van der Waals surface area contributed by atoms with Gasteiger partial charge in [-0.3, -0.25) is 9.48 Å². The van der Waals surface area contributed by atoms with Gasteiger partial charge in [-0.25, -0.2) is 0 Å². The Labute approximate surface area is 102 Å². The van der Waals surface area contributed by atoms with E-state index in [1.807, 2.05) is 31.9 Å². The van der Waals surface area contributed by atoms with Crippen molar-refractivity contribution in [2.24, 2.45) is 0 Å². The average Bonchev–Trinajstić information content (AvgIpc) is 2.77. The van der Waals surface area contributed by atoms with Crippen molar-refractivity contribution in [2.75, 3.05) is 26.2 Å². The van der Waals surface area contributed by atoms with Gasteiger partial charge in [0.25, 0.3) is 0 Å². The van der Waals surface area contributed by atoms with Crippen LogP contribution < -0.4 is 5.32 Å². The van der Waals surface area contributed by atoms with Crippen LogP contribution in [0, 0.1) is 6.92 Å². The Morgan fingerprint density at radius 2 is 2.06 bits per heavy atom. The maximum Gasteiger partial charge on any atom is 0.250 e. The summed E-state index contributed by atoms with van der Waals surface area (Å²) in [7, 11) is 0. The molecule has 1 aromatic rings. The van der Waals surface area contributed by atoms with Gasteiger partial charge in [0.1, 0.15) is 5.54 Å². The Morgan fingerprint density at radius 3 is 2.59 bits per heavy atom. The van der Waals surface area contributed by atoms with Gasteiger partial charge in [0, 0.05) is 32.4 Å². The predicted octanol–water partition coefficient (Wildman–Crippen LogP) is 0.358. The summed E-state index contributed by atoms with van der Waals surface area (Å²) in [4.78, 5) is 14.4. The minimum Gasteiger partial charge on any atom is -0.338 e. The lowest BCUT2D eigenvalue weighted by molar-refractivity contribution is -0.140. The number of amides is 1. The third-order valence-electron chi connectivity index (χ3n) is 3.21. The highest BCUT2D eigenvalue weighted by Gasteiger charge is 2.34. The highest BCUT2D eigenvalue weighted by atomic mass is 16.2. The fourth-order valence-corrected chi connectivity index (χ4v) is 2.07. The first kappa shape index (κ1) is 12.1. The van der Waals surface area contributed by atoms with Gasteiger partial charge in [0.05, 0.1) is 6.20 Å². The first-order valence-corrected chi connectivity index (χ1v) is 6.03. The summed E-state index contributed by atoms with van der Waals surface area (Å²) in [6, 6.07) is 0. The molecule has 2 rings (SSSR count). The monoisotopic (exact) mass is 236 g/mol. The minimum absolute atomic E-state index is 0.141. The number of aromatic nitrogens is 2. The van der Waals surface area contributed by atoms with Crippen molar-refractivity contribution in [3.63, 3.8) is 0 Å². The van der Waals surface area contributed by atoms with Gasteiger partial charge >= 0.3 is 0 Å². The molecule has 0 bridgehead atoms. The molecule has 5 heteroatoms. The van der Waals surface area contributed by atoms with Crippen LogP contribution in [0.4, 0.5) is 0 Å². The molecule has 0 aromatic carbocycles. The molecule has 94 valence electrons. The van der Waals surface area contributed by atoms with Crippen LogP contribution in [-0.2, 0) is 10.3 Å². The van der Waals surface area contributed by atoms with E-state index in [4.69, 9.17) is 0 Å². The summed E-state index contributed by atoms with van der Waals surface area (Å²) in [5.41, 5.74) is 0.470. The first-order chi connectivity index (χ1) is 8.01. The Balaban J connectivity index is 2.16. The Hall–Kier alpha value is -1.36. The van der Waals surface area contributed by atoms with Crippen LogP contribution in [0.25, 0.3) is 0 Å². The molecule has 1 saturated heterocycles. The number of nitrogens with one attached hydrogen (secondary N) is 1. The SMILES string of the molecule is Cc1cnn(C(C)(C)C(=O)N2CCNCC2)c1. The van der Waals surface area contributed by atoms with Gasteiger partial charge in [-0.05, 0) is 26.3 Å². The third kappa shape index (κ3) is 2.34. The molecule has 0 aliphatic carbocycles. The topological polar surface area (TPSA) is 50.2 Å². The van der Waals surface area contributed by atoms with Crippen LogP contribution in [0.1, 0.15) is 19.4 Å². The summed E-state index contributed by atoms with van der Waals surface area (Å²) in [5.74, 6) is 0.141. The predicted molar refractivity (Wildman–Crippen MR) is 65.7 cm³/mol. The zero-order valence-electron chi connectivity index (χ0n) is 10.7. The standard InChI is InChI=1S/C12H20N4O/c1-10-8-14-16(9-10)12(2,3)11(17)15-6-4-13-5-7-15/h8-9,13H,4-7H2,1-3H3. The molecule has 0 unspecified atom stereocenters. The van der Waals surface area contributed by atoms with E-state index in [2.05, 4.69) is 10.4 Å². The van der Waals surface area contributed by atoms with Crippen molar-refractivity contribution < 1.29 is 4.79 Å². The van der Waals surface area contributed by atoms with E-state index < -0.39 is 5.54 Å². The second-order valence-corrected chi connectivity index (χ2v) is 5.06.